The number of carbonyl (C=O) groups is 3. The van der Waals surface area contributed by atoms with E-state index in [1.165, 1.54) is 6.20 Å². The van der Waals surface area contributed by atoms with Crippen molar-refractivity contribution in [1.29, 1.82) is 0 Å². The van der Waals surface area contributed by atoms with E-state index < -0.39 is 23.5 Å². The molecule has 0 saturated carbocycles. The SMILES string of the molecule is Cc1cc(NC(=O)C(=O)N2CC(C)CCC2c2cccc(Cl)c2)cnc1NC(=O)OC(C)(C)C. The van der Waals surface area contributed by atoms with Crippen LogP contribution < -0.4 is 10.6 Å². The van der Waals surface area contributed by atoms with E-state index in [-0.39, 0.29) is 12.0 Å². The van der Waals surface area contributed by atoms with Gasteiger partial charge in [0.25, 0.3) is 0 Å². The first-order valence-electron chi connectivity index (χ1n) is 11.3. The van der Waals surface area contributed by atoms with E-state index in [2.05, 4.69) is 22.5 Å². The van der Waals surface area contributed by atoms with Gasteiger partial charge in [0, 0.05) is 11.6 Å². The number of nitrogens with zero attached hydrogens (tertiary/aromatic N) is 2. The van der Waals surface area contributed by atoms with Crippen molar-refractivity contribution in [2.24, 2.45) is 5.92 Å². The van der Waals surface area contributed by atoms with Crippen LogP contribution in [0.2, 0.25) is 5.02 Å². The van der Waals surface area contributed by atoms with Crippen molar-refractivity contribution in [3.8, 4) is 0 Å². The summed E-state index contributed by atoms with van der Waals surface area (Å²) in [7, 11) is 0. The lowest BCUT2D eigenvalue weighted by molar-refractivity contribution is -0.146. The lowest BCUT2D eigenvalue weighted by Gasteiger charge is -2.38. The fraction of sp³-hybridized carbons (Fsp3) is 0.440. The summed E-state index contributed by atoms with van der Waals surface area (Å²) in [5.74, 6) is -0.751. The molecular formula is C25H31ClN4O4. The van der Waals surface area contributed by atoms with Gasteiger partial charge in [-0.3, -0.25) is 14.9 Å². The van der Waals surface area contributed by atoms with Crippen molar-refractivity contribution >= 4 is 41.0 Å². The zero-order chi connectivity index (χ0) is 25.0. The fourth-order valence-electron chi connectivity index (χ4n) is 3.93. The van der Waals surface area contributed by atoms with Crippen LogP contribution in [0.3, 0.4) is 0 Å². The van der Waals surface area contributed by atoms with Crippen LogP contribution in [0.5, 0.6) is 0 Å². The maximum Gasteiger partial charge on any atom is 0.413 e. The van der Waals surface area contributed by atoms with Crippen molar-refractivity contribution in [3.63, 3.8) is 0 Å². The highest BCUT2D eigenvalue weighted by Gasteiger charge is 2.34. The predicted octanol–water partition coefficient (Wildman–Crippen LogP) is 5.33. The molecule has 1 aromatic carbocycles. The van der Waals surface area contributed by atoms with Crippen LogP contribution in [0.4, 0.5) is 16.3 Å². The Bertz CT molecular complexity index is 1080. The number of rotatable bonds is 3. The van der Waals surface area contributed by atoms with E-state index in [1.807, 2.05) is 18.2 Å². The molecule has 1 fully saturated rings. The smallest absolute Gasteiger partial charge is 0.413 e. The van der Waals surface area contributed by atoms with Crippen molar-refractivity contribution < 1.29 is 19.1 Å². The molecule has 9 heteroatoms. The van der Waals surface area contributed by atoms with Crippen LogP contribution in [0.25, 0.3) is 0 Å². The molecule has 3 rings (SSSR count). The quantitative estimate of drug-likeness (QED) is 0.571. The number of nitrogens with one attached hydrogen (secondary N) is 2. The largest absolute Gasteiger partial charge is 0.444 e. The number of hydrogen-bond donors (Lipinski definition) is 2. The van der Waals surface area contributed by atoms with Gasteiger partial charge in [0.2, 0.25) is 0 Å². The summed E-state index contributed by atoms with van der Waals surface area (Å²) in [5, 5.41) is 5.81. The Morgan fingerprint density at radius 1 is 1.15 bits per heavy atom. The number of amides is 3. The van der Waals surface area contributed by atoms with E-state index in [1.54, 1.807) is 44.7 Å². The maximum absolute atomic E-state index is 13.1. The van der Waals surface area contributed by atoms with Gasteiger partial charge in [-0.15, -0.1) is 0 Å². The van der Waals surface area contributed by atoms with Crippen LogP contribution in [0, 0.1) is 12.8 Å². The van der Waals surface area contributed by atoms with Gasteiger partial charge < -0.3 is 15.0 Å². The molecule has 0 bridgehead atoms. The average Bonchev–Trinajstić information content (AvgIpc) is 2.73. The van der Waals surface area contributed by atoms with Gasteiger partial charge in [-0.05, 0) is 75.8 Å². The molecule has 182 valence electrons. The first kappa shape index (κ1) is 25.5. The minimum absolute atomic E-state index is 0.214. The first-order valence-corrected chi connectivity index (χ1v) is 11.6. The Morgan fingerprint density at radius 3 is 2.53 bits per heavy atom. The Morgan fingerprint density at radius 2 is 1.88 bits per heavy atom. The van der Waals surface area contributed by atoms with Gasteiger partial charge >= 0.3 is 17.9 Å². The second-order valence-corrected chi connectivity index (χ2v) is 10.1. The number of aryl methyl sites for hydroxylation is 1. The lowest BCUT2D eigenvalue weighted by Crippen LogP contribution is -2.46. The van der Waals surface area contributed by atoms with Gasteiger partial charge in [-0.2, -0.15) is 0 Å². The lowest BCUT2D eigenvalue weighted by atomic mass is 9.90. The van der Waals surface area contributed by atoms with Crippen molar-refractivity contribution in [1.82, 2.24) is 9.88 Å². The van der Waals surface area contributed by atoms with Crippen LogP contribution in [0.15, 0.2) is 36.5 Å². The molecule has 2 aromatic rings. The van der Waals surface area contributed by atoms with Crippen molar-refractivity contribution in [2.75, 3.05) is 17.2 Å². The zero-order valence-corrected chi connectivity index (χ0v) is 20.9. The number of hydrogen-bond acceptors (Lipinski definition) is 5. The highest BCUT2D eigenvalue weighted by atomic mass is 35.5. The number of likely N-dealkylation sites (tertiary alicyclic amines) is 1. The average molecular weight is 487 g/mol. The number of carbonyl (C=O) groups excluding carboxylic acids is 3. The number of ether oxygens (including phenoxy) is 1. The van der Waals surface area contributed by atoms with Gasteiger partial charge in [0.1, 0.15) is 11.4 Å². The zero-order valence-electron chi connectivity index (χ0n) is 20.1. The minimum Gasteiger partial charge on any atom is -0.444 e. The third-order valence-corrected chi connectivity index (χ3v) is 5.70. The molecule has 1 saturated heterocycles. The third kappa shape index (κ3) is 6.70. The molecule has 1 aliphatic heterocycles. The van der Waals surface area contributed by atoms with Crippen LogP contribution >= 0.6 is 11.6 Å². The van der Waals surface area contributed by atoms with Gasteiger partial charge in [-0.1, -0.05) is 30.7 Å². The monoisotopic (exact) mass is 486 g/mol. The molecule has 3 amide bonds. The van der Waals surface area contributed by atoms with Crippen LogP contribution in [-0.4, -0.2) is 39.9 Å². The van der Waals surface area contributed by atoms with E-state index in [0.717, 1.165) is 18.4 Å². The number of pyridine rings is 1. The standard InChI is InChI=1S/C25H31ClN4O4/c1-15-9-10-20(17-7-6-8-18(26)12-17)30(14-15)23(32)22(31)28-19-11-16(2)21(27-13-19)29-24(33)34-25(3,4)5/h6-8,11-13,15,20H,9-10,14H2,1-5H3,(H,28,31)(H,27,29,33). The molecule has 0 radical (unpaired) electrons. The Hall–Kier alpha value is -3.13. The summed E-state index contributed by atoms with van der Waals surface area (Å²) in [6, 6.07) is 8.82. The van der Waals surface area contributed by atoms with Crippen molar-refractivity contribution in [3.05, 3.63) is 52.7 Å². The summed E-state index contributed by atoms with van der Waals surface area (Å²) >= 11 is 6.16. The normalized spacial score (nSPS) is 18.2. The summed E-state index contributed by atoms with van der Waals surface area (Å²) < 4.78 is 5.23. The second kappa shape index (κ2) is 10.4. The predicted molar refractivity (Wildman–Crippen MR) is 132 cm³/mol. The van der Waals surface area contributed by atoms with Crippen molar-refractivity contribution in [2.45, 2.75) is 59.1 Å². The number of piperidine rings is 1. The molecule has 0 spiro atoms. The summed E-state index contributed by atoms with van der Waals surface area (Å²) in [6.07, 6.45) is 2.48. The van der Waals surface area contributed by atoms with E-state index in [0.29, 0.717) is 28.6 Å². The topological polar surface area (TPSA) is 101 Å². The first-order chi connectivity index (χ1) is 15.9. The Balaban J connectivity index is 1.70. The molecule has 0 aliphatic carbocycles. The second-order valence-electron chi connectivity index (χ2n) is 9.68. The molecule has 2 N–H and O–H groups in total. The molecule has 1 aromatic heterocycles. The van der Waals surface area contributed by atoms with Gasteiger partial charge in [-0.25, -0.2) is 9.78 Å². The van der Waals surface area contributed by atoms with E-state index in [4.69, 9.17) is 16.3 Å². The van der Waals surface area contributed by atoms with Crippen LogP contribution in [0.1, 0.15) is 57.7 Å². The van der Waals surface area contributed by atoms with Gasteiger partial charge in [0.15, 0.2) is 0 Å². The summed E-state index contributed by atoms with van der Waals surface area (Å²) in [6.45, 7) is 9.59. The number of anilines is 2. The molecule has 8 nitrogen and oxygen atoms in total. The summed E-state index contributed by atoms with van der Waals surface area (Å²) in [5.41, 5.74) is 1.24. The third-order valence-electron chi connectivity index (χ3n) is 5.46. The molecule has 2 atom stereocenters. The molecule has 34 heavy (non-hydrogen) atoms. The maximum atomic E-state index is 13.1. The highest BCUT2D eigenvalue weighted by Crippen LogP contribution is 2.34. The fourth-order valence-corrected chi connectivity index (χ4v) is 4.13. The number of benzene rings is 1. The highest BCUT2D eigenvalue weighted by molar-refractivity contribution is 6.39. The molecule has 2 heterocycles. The molecule has 2 unspecified atom stereocenters. The van der Waals surface area contributed by atoms with Gasteiger partial charge in [0.05, 0.1) is 17.9 Å². The Kier molecular flexibility index (Phi) is 7.82. The van der Waals surface area contributed by atoms with E-state index >= 15 is 0 Å². The minimum atomic E-state index is -0.741. The molecule has 1 aliphatic rings. The number of halogens is 1. The van der Waals surface area contributed by atoms with E-state index in [9.17, 15) is 14.4 Å². The number of aromatic nitrogens is 1. The Labute approximate surface area is 205 Å². The molecular weight excluding hydrogens is 456 g/mol. The summed E-state index contributed by atoms with van der Waals surface area (Å²) in [4.78, 5) is 43.8. The van der Waals surface area contributed by atoms with Crippen LogP contribution in [-0.2, 0) is 14.3 Å².